The summed E-state index contributed by atoms with van der Waals surface area (Å²) in [6.45, 7) is 5.87. The van der Waals surface area contributed by atoms with E-state index >= 15 is 0 Å². The van der Waals surface area contributed by atoms with Gasteiger partial charge in [0.15, 0.2) is 0 Å². The Kier molecular flexibility index (Phi) is 5.51. The molecule has 13 heavy (non-hydrogen) atoms. The first-order valence-electron chi connectivity index (χ1n) is 4.26. The highest BCUT2D eigenvalue weighted by molar-refractivity contribution is 7.78. The molecule has 0 radical (unpaired) electrons. The SMILES string of the molecule is CCCC(=O)OCC(C)(C)N=C=S. The summed E-state index contributed by atoms with van der Waals surface area (Å²) in [5.41, 5.74) is -0.453. The van der Waals surface area contributed by atoms with Crippen molar-refractivity contribution in [3.05, 3.63) is 0 Å². The fraction of sp³-hybridized carbons (Fsp3) is 0.778. The number of carbonyl (C=O) groups is 1. The molecule has 4 heteroatoms. The van der Waals surface area contributed by atoms with Gasteiger partial charge < -0.3 is 4.74 Å². The van der Waals surface area contributed by atoms with Crippen LogP contribution < -0.4 is 0 Å². The lowest BCUT2D eigenvalue weighted by Gasteiger charge is -2.17. The second-order valence-electron chi connectivity index (χ2n) is 3.43. The molecule has 0 saturated heterocycles. The molecule has 0 aromatic rings. The molecule has 0 aromatic heterocycles. The van der Waals surface area contributed by atoms with Crippen LogP contribution in [0.1, 0.15) is 33.6 Å². The summed E-state index contributed by atoms with van der Waals surface area (Å²) >= 11 is 4.47. The van der Waals surface area contributed by atoms with E-state index in [1.165, 1.54) is 0 Å². The number of hydrogen-bond donors (Lipinski definition) is 0. The highest BCUT2D eigenvalue weighted by Gasteiger charge is 2.17. The van der Waals surface area contributed by atoms with Gasteiger partial charge in [-0.1, -0.05) is 6.92 Å². The second kappa shape index (κ2) is 5.84. The van der Waals surface area contributed by atoms with Crippen LogP contribution in [0.2, 0.25) is 0 Å². The summed E-state index contributed by atoms with van der Waals surface area (Å²) < 4.78 is 4.98. The summed E-state index contributed by atoms with van der Waals surface area (Å²) in [5.74, 6) is -0.185. The van der Waals surface area contributed by atoms with Crippen molar-refractivity contribution in [2.75, 3.05) is 6.61 Å². The Labute approximate surface area is 84.2 Å². The third-order valence-electron chi connectivity index (χ3n) is 1.39. The van der Waals surface area contributed by atoms with E-state index in [9.17, 15) is 4.79 Å². The lowest BCUT2D eigenvalue weighted by Crippen LogP contribution is -2.26. The molecule has 0 bridgehead atoms. The standard InChI is InChI=1S/C9H15NO2S/c1-4-5-8(11)12-6-9(2,3)10-7-13/h4-6H2,1-3H3. The third kappa shape index (κ3) is 6.43. The van der Waals surface area contributed by atoms with Crippen molar-refractivity contribution in [3.8, 4) is 0 Å². The van der Waals surface area contributed by atoms with Gasteiger partial charge >= 0.3 is 5.97 Å². The molecule has 0 amide bonds. The molecule has 0 unspecified atom stereocenters. The van der Waals surface area contributed by atoms with Gasteiger partial charge in [-0.15, -0.1) is 0 Å². The summed E-state index contributed by atoms with van der Waals surface area (Å²) in [6, 6.07) is 0. The Balaban J connectivity index is 3.87. The van der Waals surface area contributed by atoms with Crippen molar-refractivity contribution in [1.29, 1.82) is 0 Å². The van der Waals surface area contributed by atoms with Crippen molar-refractivity contribution >= 4 is 23.3 Å². The van der Waals surface area contributed by atoms with Crippen LogP contribution >= 0.6 is 12.2 Å². The van der Waals surface area contributed by atoms with Crippen molar-refractivity contribution in [1.82, 2.24) is 0 Å². The van der Waals surface area contributed by atoms with E-state index in [-0.39, 0.29) is 12.6 Å². The van der Waals surface area contributed by atoms with Crippen LogP contribution in [0.15, 0.2) is 4.99 Å². The Bertz CT molecular complexity index is 220. The van der Waals surface area contributed by atoms with Gasteiger partial charge in [0.2, 0.25) is 0 Å². The predicted molar refractivity (Wildman–Crippen MR) is 55.0 cm³/mol. The Morgan fingerprint density at radius 3 is 2.69 bits per heavy atom. The fourth-order valence-electron chi connectivity index (χ4n) is 0.689. The summed E-state index contributed by atoms with van der Waals surface area (Å²) in [5, 5.41) is 2.28. The molecular formula is C9H15NO2S. The second-order valence-corrected chi connectivity index (χ2v) is 3.61. The van der Waals surface area contributed by atoms with Gasteiger partial charge in [-0.05, 0) is 32.5 Å². The molecule has 3 nitrogen and oxygen atoms in total. The molecule has 0 spiro atoms. The maximum atomic E-state index is 11.0. The fourth-order valence-corrected chi connectivity index (χ4v) is 0.936. The van der Waals surface area contributed by atoms with E-state index < -0.39 is 5.54 Å². The van der Waals surface area contributed by atoms with Gasteiger partial charge in [0.25, 0.3) is 0 Å². The average Bonchev–Trinajstić information content (AvgIpc) is 2.02. The van der Waals surface area contributed by atoms with Crippen LogP contribution in [-0.4, -0.2) is 23.3 Å². The number of esters is 1. The van der Waals surface area contributed by atoms with Crippen LogP contribution in [0.4, 0.5) is 0 Å². The van der Waals surface area contributed by atoms with E-state index in [4.69, 9.17) is 4.74 Å². The van der Waals surface area contributed by atoms with Gasteiger partial charge in [0, 0.05) is 6.42 Å². The minimum Gasteiger partial charge on any atom is -0.463 e. The van der Waals surface area contributed by atoms with E-state index in [0.717, 1.165) is 6.42 Å². The number of isothiocyanates is 1. The van der Waals surface area contributed by atoms with Crippen LogP contribution in [0.3, 0.4) is 0 Å². The molecule has 0 fully saturated rings. The zero-order valence-electron chi connectivity index (χ0n) is 8.29. The number of carbonyl (C=O) groups excluding carboxylic acids is 1. The quantitative estimate of drug-likeness (QED) is 0.389. The first kappa shape index (κ1) is 12.3. The van der Waals surface area contributed by atoms with Gasteiger partial charge in [-0.3, -0.25) is 4.79 Å². The highest BCUT2D eigenvalue weighted by Crippen LogP contribution is 2.08. The largest absolute Gasteiger partial charge is 0.463 e. The molecule has 0 rings (SSSR count). The molecule has 0 aliphatic rings. The van der Waals surface area contributed by atoms with Crippen LogP contribution in [-0.2, 0) is 9.53 Å². The first-order chi connectivity index (χ1) is 6.02. The van der Waals surface area contributed by atoms with Crippen LogP contribution in [0, 0.1) is 0 Å². The minimum absolute atomic E-state index is 0.185. The van der Waals surface area contributed by atoms with Crippen LogP contribution in [0.5, 0.6) is 0 Å². The Morgan fingerprint density at radius 1 is 1.62 bits per heavy atom. The number of rotatable bonds is 5. The van der Waals surface area contributed by atoms with Crippen molar-refractivity contribution in [2.24, 2.45) is 4.99 Å². The van der Waals surface area contributed by atoms with Gasteiger partial charge in [-0.2, -0.15) is 0 Å². The molecule has 0 aromatic carbocycles. The number of ether oxygens (including phenoxy) is 1. The zero-order valence-corrected chi connectivity index (χ0v) is 9.11. The number of hydrogen-bond acceptors (Lipinski definition) is 4. The average molecular weight is 201 g/mol. The molecule has 0 aliphatic carbocycles. The summed E-state index contributed by atoms with van der Waals surface area (Å²) in [6.07, 6.45) is 1.26. The van der Waals surface area contributed by atoms with E-state index in [2.05, 4.69) is 22.4 Å². The van der Waals surface area contributed by atoms with Crippen molar-refractivity contribution < 1.29 is 9.53 Å². The molecule has 0 N–H and O–H groups in total. The normalized spacial score (nSPS) is 10.4. The van der Waals surface area contributed by atoms with E-state index in [1.54, 1.807) is 0 Å². The molecule has 0 aliphatic heterocycles. The third-order valence-corrected chi connectivity index (χ3v) is 1.48. The molecule has 0 saturated carbocycles. The van der Waals surface area contributed by atoms with Crippen molar-refractivity contribution in [2.45, 2.75) is 39.2 Å². The lowest BCUT2D eigenvalue weighted by atomic mass is 10.1. The predicted octanol–water partition coefficient (Wildman–Crippen LogP) is 2.21. The first-order valence-corrected chi connectivity index (χ1v) is 4.67. The van der Waals surface area contributed by atoms with E-state index in [1.807, 2.05) is 20.8 Å². The highest BCUT2D eigenvalue weighted by atomic mass is 32.1. The molecule has 0 atom stereocenters. The zero-order chi connectivity index (χ0) is 10.3. The molecule has 74 valence electrons. The van der Waals surface area contributed by atoms with Crippen LogP contribution in [0.25, 0.3) is 0 Å². The lowest BCUT2D eigenvalue weighted by molar-refractivity contribution is -0.145. The summed E-state index contributed by atoms with van der Waals surface area (Å²) in [4.78, 5) is 14.9. The smallest absolute Gasteiger partial charge is 0.305 e. The van der Waals surface area contributed by atoms with Crippen molar-refractivity contribution in [3.63, 3.8) is 0 Å². The number of nitrogens with zero attached hydrogens (tertiary/aromatic N) is 1. The topological polar surface area (TPSA) is 38.7 Å². The summed E-state index contributed by atoms with van der Waals surface area (Å²) in [7, 11) is 0. The Morgan fingerprint density at radius 2 is 2.23 bits per heavy atom. The van der Waals surface area contributed by atoms with Gasteiger partial charge in [-0.25, -0.2) is 4.99 Å². The molecule has 0 heterocycles. The maximum absolute atomic E-state index is 11.0. The number of thiocarbonyl (C=S) groups is 1. The number of aliphatic imine (C=N–C) groups is 1. The van der Waals surface area contributed by atoms with Gasteiger partial charge in [0.05, 0.1) is 10.7 Å². The van der Waals surface area contributed by atoms with E-state index in [0.29, 0.717) is 6.42 Å². The monoisotopic (exact) mass is 201 g/mol. The minimum atomic E-state index is -0.453. The van der Waals surface area contributed by atoms with Gasteiger partial charge in [0.1, 0.15) is 6.61 Å². The maximum Gasteiger partial charge on any atom is 0.305 e. The Hall–Kier alpha value is -0.730. The molecular weight excluding hydrogens is 186 g/mol.